The summed E-state index contributed by atoms with van der Waals surface area (Å²) in [6.07, 6.45) is 3.46. The van der Waals surface area contributed by atoms with E-state index in [0.29, 0.717) is 18.0 Å². The minimum Gasteiger partial charge on any atom is -0.467 e. The molecule has 0 bridgehead atoms. The summed E-state index contributed by atoms with van der Waals surface area (Å²) in [5, 5.41) is 12.5. The molecule has 2 aliphatic rings. The van der Waals surface area contributed by atoms with Crippen LogP contribution in [0.2, 0.25) is 0 Å². The third-order valence-corrected chi connectivity index (χ3v) is 7.26. The third kappa shape index (κ3) is 5.51. The van der Waals surface area contributed by atoms with E-state index in [-0.39, 0.29) is 29.1 Å². The van der Waals surface area contributed by atoms with E-state index in [2.05, 4.69) is 27.0 Å². The van der Waals surface area contributed by atoms with E-state index in [4.69, 9.17) is 10.5 Å². The summed E-state index contributed by atoms with van der Waals surface area (Å²) in [7, 11) is 1.33. The Morgan fingerprint density at radius 2 is 1.97 bits per heavy atom. The molecular weight excluding hydrogens is 468 g/mol. The van der Waals surface area contributed by atoms with Gasteiger partial charge in [-0.05, 0) is 49.9 Å². The molecule has 1 aromatic heterocycles. The van der Waals surface area contributed by atoms with Crippen molar-refractivity contribution in [3.05, 3.63) is 45.5 Å². The van der Waals surface area contributed by atoms with Crippen LogP contribution >= 0.6 is 11.8 Å². The first kappa shape index (κ1) is 25.2. The number of likely N-dealkylation sites (tertiary alicyclic amines) is 1. The van der Waals surface area contributed by atoms with Crippen molar-refractivity contribution >= 4 is 35.1 Å². The molecule has 1 saturated heterocycles. The second kappa shape index (κ2) is 10.4. The number of carbonyl (C=O) groups excluding carboxylic acids is 1. The fraction of sp³-hybridized carbons (Fsp3) is 0.542. The average Bonchev–Trinajstić information content (AvgIpc) is 3.45. The lowest BCUT2D eigenvalue weighted by Crippen LogP contribution is -2.45. The fourth-order valence-corrected chi connectivity index (χ4v) is 5.31. The number of benzene rings is 1. The van der Waals surface area contributed by atoms with E-state index in [0.717, 1.165) is 25.2 Å². The molecule has 0 spiro atoms. The lowest BCUT2D eigenvalue weighted by molar-refractivity contribution is -0.383. The second-order valence-electron chi connectivity index (χ2n) is 9.40. The molecule has 1 aromatic carbocycles. The lowest BCUT2D eigenvalue weighted by Gasteiger charge is -2.31. The maximum Gasteiger partial charge on any atom is 0.353 e. The van der Waals surface area contributed by atoms with Crippen LogP contribution in [0, 0.1) is 10.1 Å². The van der Waals surface area contributed by atoms with Crippen molar-refractivity contribution in [2.24, 2.45) is 0 Å². The van der Waals surface area contributed by atoms with Gasteiger partial charge in [0.15, 0.2) is 5.16 Å². The zero-order valence-electron chi connectivity index (χ0n) is 20.4. The van der Waals surface area contributed by atoms with Crippen molar-refractivity contribution in [3.63, 3.8) is 0 Å². The van der Waals surface area contributed by atoms with Crippen LogP contribution in [0.1, 0.15) is 50.7 Å². The van der Waals surface area contributed by atoms with Gasteiger partial charge in [-0.15, -0.1) is 0 Å². The number of aromatic nitrogens is 2. The molecule has 2 heterocycles. The van der Waals surface area contributed by atoms with Gasteiger partial charge in [0.05, 0.1) is 12.0 Å². The van der Waals surface area contributed by atoms with Gasteiger partial charge in [0.25, 0.3) is 0 Å². The summed E-state index contributed by atoms with van der Waals surface area (Å²) in [6, 6.07) is 8.13. The van der Waals surface area contributed by atoms with Gasteiger partial charge >= 0.3 is 11.7 Å². The van der Waals surface area contributed by atoms with Crippen LogP contribution in [0.5, 0.6) is 0 Å². The predicted molar refractivity (Wildman–Crippen MR) is 135 cm³/mol. The number of anilines is 2. The summed E-state index contributed by atoms with van der Waals surface area (Å²) >= 11 is 1.36. The van der Waals surface area contributed by atoms with Crippen LogP contribution < -0.4 is 10.6 Å². The summed E-state index contributed by atoms with van der Waals surface area (Å²) in [6.45, 7) is 7.24. The van der Waals surface area contributed by atoms with E-state index in [9.17, 15) is 14.9 Å². The molecule has 0 unspecified atom stereocenters. The average molecular weight is 501 g/mol. The lowest BCUT2D eigenvalue weighted by atomic mass is 10.1. The minimum atomic E-state index is -1.02. The van der Waals surface area contributed by atoms with Crippen LogP contribution in [0.3, 0.4) is 0 Å². The summed E-state index contributed by atoms with van der Waals surface area (Å²) in [4.78, 5) is 37.2. The molecule has 2 N–H and O–H groups in total. The quantitative estimate of drug-likeness (QED) is 0.169. The third-order valence-electron chi connectivity index (χ3n) is 6.39. The van der Waals surface area contributed by atoms with Gasteiger partial charge in [0, 0.05) is 18.3 Å². The summed E-state index contributed by atoms with van der Waals surface area (Å²) in [5.74, 6) is -0.592. The van der Waals surface area contributed by atoms with E-state index in [1.165, 1.54) is 37.3 Å². The molecule has 188 valence electrons. The molecule has 1 aliphatic heterocycles. The summed E-state index contributed by atoms with van der Waals surface area (Å²) in [5.41, 5.74) is 6.75. The Morgan fingerprint density at radius 3 is 2.57 bits per heavy atom. The number of methoxy groups -OCH3 is 1. The van der Waals surface area contributed by atoms with Crippen LogP contribution in [0.4, 0.5) is 17.3 Å². The number of thioether (sulfide) groups is 1. The highest BCUT2D eigenvalue weighted by atomic mass is 32.2. The Bertz CT molecular complexity index is 1100. The largest absolute Gasteiger partial charge is 0.467 e. The number of nitrogens with two attached hydrogens (primary N) is 1. The monoisotopic (exact) mass is 500 g/mol. The van der Waals surface area contributed by atoms with Crippen molar-refractivity contribution < 1.29 is 14.5 Å². The highest BCUT2D eigenvalue weighted by Crippen LogP contribution is 2.48. The number of nitro groups is 1. The zero-order valence-corrected chi connectivity index (χ0v) is 21.2. The van der Waals surface area contributed by atoms with Crippen molar-refractivity contribution in [1.29, 1.82) is 0 Å². The van der Waals surface area contributed by atoms with Crippen molar-refractivity contribution in [2.75, 3.05) is 30.8 Å². The Morgan fingerprint density at radius 1 is 1.29 bits per heavy atom. The first-order chi connectivity index (χ1) is 16.7. The molecule has 10 nitrogen and oxygen atoms in total. The SMILES string of the molecule is COC(=O)C1(N(Cc2cccc(CN3CCCC3)c2)c2nc(SC(C)C)nc(N)c2[N+](=O)[O-])CC1. The van der Waals surface area contributed by atoms with Gasteiger partial charge in [-0.1, -0.05) is 49.9 Å². The molecule has 0 radical (unpaired) electrons. The molecule has 1 aliphatic carbocycles. The Hall–Kier alpha value is -2.92. The molecule has 0 amide bonds. The van der Waals surface area contributed by atoms with Gasteiger partial charge in [-0.2, -0.15) is 9.97 Å². The number of hydrogen-bond acceptors (Lipinski definition) is 10. The Labute approximate surface area is 209 Å². The number of hydrogen-bond donors (Lipinski definition) is 1. The van der Waals surface area contributed by atoms with Crippen molar-refractivity contribution in [3.8, 4) is 0 Å². The van der Waals surface area contributed by atoms with Crippen LogP contribution in [0.15, 0.2) is 29.4 Å². The highest BCUT2D eigenvalue weighted by molar-refractivity contribution is 7.99. The molecule has 11 heteroatoms. The standard InChI is InChI=1S/C24H32N6O4S/c1-16(2)35-23-26-20(25)19(30(32)33)21(27-23)29(24(9-10-24)22(31)34-3)15-18-8-6-7-17(13-18)14-28-11-4-5-12-28/h6-8,13,16H,4-5,9-12,14-15H2,1-3H3,(H2,25,26,27). The molecule has 2 aromatic rings. The molecule has 0 atom stereocenters. The molecule has 2 fully saturated rings. The van der Waals surface area contributed by atoms with Crippen LogP contribution in [-0.4, -0.2) is 56.7 Å². The second-order valence-corrected chi connectivity index (χ2v) is 10.9. The summed E-state index contributed by atoms with van der Waals surface area (Å²) < 4.78 is 5.12. The van der Waals surface area contributed by atoms with Crippen molar-refractivity contribution in [2.45, 2.75) is 68.6 Å². The Kier molecular flexibility index (Phi) is 7.46. The first-order valence-corrected chi connectivity index (χ1v) is 12.8. The number of ether oxygens (including phenoxy) is 1. The normalized spacial score (nSPS) is 16.9. The fourth-order valence-electron chi connectivity index (χ4n) is 4.60. The number of esters is 1. The predicted octanol–water partition coefficient (Wildman–Crippen LogP) is 3.78. The van der Waals surface area contributed by atoms with Crippen LogP contribution in [0.25, 0.3) is 0 Å². The molecule has 4 rings (SSSR count). The van der Waals surface area contributed by atoms with E-state index >= 15 is 0 Å². The van der Waals surface area contributed by atoms with Gasteiger partial charge in [0.2, 0.25) is 11.6 Å². The minimum absolute atomic E-state index is 0.0542. The smallest absolute Gasteiger partial charge is 0.353 e. The van der Waals surface area contributed by atoms with E-state index < -0.39 is 16.4 Å². The van der Waals surface area contributed by atoms with Gasteiger partial charge < -0.3 is 15.4 Å². The topological polar surface area (TPSA) is 128 Å². The number of nitrogens with zero attached hydrogens (tertiary/aromatic N) is 5. The molecular formula is C24H32N6O4S. The highest BCUT2D eigenvalue weighted by Gasteiger charge is 2.58. The Balaban J connectivity index is 1.76. The number of nitrogen functional groups attached to an aromatic ring is 1. The zero-order chi connectivity index (χ0) is 25.2. The number of carbonyl (C=O) groups is 1. The number of rotatable bonds is 10. The first-order valence-electron chi connectivity index (χ1n) is 11.9. The van der Waals surface area contributed by atoms with Crippen LogP contribution in [-0.2, 0) is 22.6 Å². The van der Waals surface area contributed by atoms with Gasteiger partial charge in [0.1, 0.15) is 5.54 Å². The van der Waals surface area contributed by atoms with Crippen molar-refractivity contribution in [1.82, 2.24) is 14.9 Å². The van der Waals surface area contributed by atoms with Gasteiger partial charge in [-0.25, -0.2) is 4.79 Å². The maximum atomic E-state index is 12.9. The van der Waals surface area contributed by atoms with Gasteiger partial charge in [-0.3, -0.25) is 15.0 Å². The van der Waals surface area contributed by atoms with E-state index in [1.54, 1.807) is 4.90 Å². The molecule has 1 saturated carbocycles. The molecule has 35 heavy (non-hydrogen) atoms. The maximum absolute atomic E-state index is 12.9. The van der Waals surface area contributed by atoms with E-state index in [1.807, 2.05) is 26.0 Å².